The molecule has 4 unspecified atom stereocenters. The van der Waals surface area contributed by atoms with E-state index in [1.54, 1.807) is 0 Å². The second-order valence-corrected chi connectivity index (χ2v) is 8.34. The van der Waals surface area contributed by atoms with Crippen molar-refractivity contribution in [3.05, 3.63) is 0 Å². The van der Waals surface area contributed by atoms with Gasteiger partial charge in [-0.15, -0.1) is 0 Å². The number of carbonyl (C=O) groups excluding carboxylic acids is 2. The van der Waals surface area contributed by atoms with E-state index in [9.17, 15) is 9.59 Å². The molecule has 0 bridgehead atoms. The van der Waals surface area contributed by atoms with Crippen LogP contribution in [0.2, 0.25) is 0 Å². The molecule has 0 radical (unpaired) electrons. The van der Waals surface area contributed by atoms with Crippen LogP contribution in [0.3, 0.4) is 0 Å². The van der Waals surface area contributed by atoms with Crippen molar-refractivity contribution in [1.29, 1.82) is 0 Å². The molecule has 2 saturated carbocycles. The van der Waals surface area contributed by atoms with Gasteiger partial charge in [0.15, 0.2) is 0 Å². The Morgan fingerprint density at radius 1 is 0.870 bits per heavy atom. The highest BCUT2D eigenvalue weighted by Crippen LogP contribution is 2.41. The van der Waals surface area contributed by atoms with Gasteiger partial charge in [-0.2, -0.15) is 0 Å². The number of piperidine rings is 1. The summed E-state index contributed by atoms with van der Waals surface area (Å²) in [5.74, 6) is 1.72. The lowest BCUT2D eigenvalue weighted by Crippen LogP contribution is -2.50. The Balaban J connectivity index is 1.44. The summed E-state index contributed by atoms with van der Waals surface area (Å²) in [5.41, 5.74) is 0. The Kier molecular flexibility index (Phi) is 4.10. The van der Waals surface area contributed by atoms with Crippen LogP contribution in [0.1, 0.15) is 64.7 Å². The molecule has 4 heteroatoms. The fourth-order valence-electron chi connectivity index (χ4n) is 5.27. The highest BCUT2D eigenvalue weighted by atomic mass is 16.2. The van der Waals surface area contributed by atoms with Gasteiger partial charge in [-0.3, -0.25) is 9.59 Å². The van der Waals surface area contributed by atoms with Crippen LogP contribution >= 0.6 is 0 Å². The zero-order valence-electron chi connectivity index (χ0n) is 14.4. The van der Waals surface area contributed by atoms with E-state index in [0.29, 0.717) is 30.4 Å². The minimum absolute atomic E-state index is 0.0505. The molecule has 0 aromatic carbocycles. The predicted octanol–water partition coefficient (Wildman–Crippen LogP) is 2.81. The highest BCUT2D eigenvalue weighted by Gasteiger charge is 2.45. The van der Waals surface area contributed by atoms with Crippen LogP contribution in [-0.2, 0) is 9.59 Å². The number of hydrogen-bond donors (Lipinski definition) is 0. The summed E-state index contributed by atoms with van der Waals surface area (Å²) in [5, 5.41) is 0. The number of likely N-dealkylation sites (tertiary alicyclic amines) is 2. The van der Waals surface area contributed by atoms with Gasteiger partial charge in [0.2, 0.25) is 11.8 Å². The number of hydrogen-bond acceptors (Lipinski definition) is 2. The van der Waals surface area contributed by atoms with Crippen molar-refractivity contribution >= 4 is 11.8 Å². The third kappa shape index (κ3) is 2.89. The molecular weight excluding hydrogens is 288 g/mol. The summed E-state index contributed by atoms with van der Waals surface area (Å²) in [6, 6.07) is 0.880. The van der Waals surface area contributed by atoms with Crippen molar-refractivity contribution in [1.82, 2.24) is 9.80 Å². The number of carbonyl (C=O) groups is 2. The maximum Gasteiger partial charge on any atom is 0.227 e. The molecule has 2 amide bonds. The molecule has 4 nitrogen and oxygen atoms in total. The Bertz CT molecular complexity index is 488. The van der Waals surface area contributed by atoms with Crippen LogP contribution < -0.4 is 0 Å². The molecular formula is C19H30N2O2. The Labute approximate surface area is 139 Å². The Morgan fingerprint density at radius 3 is 2.43 bits per heavy atom. The smallest absolute Gasteiger partial charge is 0.227 e. The predicted molar refractivity (Wildman–Crippen MR) is 88.7 cm³/mol. The van der Waals surface area contributed by atoms with Gasteiger partial charge in [0.1, 0.15) is 0 Å². The molecule has 2 heterocycles. The first-order valence-corrected chi connectivity index (χ1v) is 9.76. The van der Waals surface area contributed by atoms with Gasteiger partial charge in [-0.05, 0) is 57.8 Å². The van der Waals surface area contributed by atoms with Crippen molar-refractivity contribution in [2.24, 2.45) is 17.8 Å². The fraction of sp³-hybridized carbons (Fsp3) is 0.895. The van der Waals surface area contributed by atoms with E-state index in [4.69, 9.17) is 0 Å². The fourth-order valence-corrected chi connectivity index (χ4v) is 5.27. The molecule has 4 fully saturated rings. The maximum absolute atomic E-state index is 13.2. The van der Waals surface area contributed by atoms with Crippen molar-refractivity contribution < 1.29 is 9.59 Å². The molecule has 0 N–H and O–H groups in total. The molecule has 2 aliphatic carbocycles. The number of fused-ring (bicyclic) bond motifs is 1. The van der Waals surface area contributed by atoms with E-state index in [-0.39, 0.29) is 11.8 Å². The van der Waals surface area contributed by atoms with Gasteiger partial charge < -0.3 is 9.80 Å². The van der Waals surface area contributed by atoms with Crippen molar-refractivity contribution in [3.63, 3.8) is 0 Å². The first-order valence-electron chi connectivity index (χ1n) is 9.76. The topological polar surface area (TPSA) is 40.6 Å². The molecule has 4 aliphatic rings. The second kappa shape index (κ2) is 6.10. The zero-order valence-corrected chi connectivity index (χ0v) is 14.4. The average Bonchev–Trinajstić information content (AvgIpc) is 3.36. The van der Waals surface area contributed by atoms with Gasteiger partial charge in [0.05, 0.1) is 5.92 Å². The van der Waals surface area contributed by atoms with Crippen LogP contribution in [0.25, 0.3) is 0 Å². The first-order chi connectivity index (χ1) is 11.1. The quantitative estimate of drug-likeness (QED) is 0.785. The molecule has 2 saturated heterocycles. The van der Waals surface area contributed by atoms with Gasteiger partial charge in [-0.25, -0.2) is 0 Å². The van der Waals surface area contributed by atoms with E-state index in [1.165, 1.54) is 32.1 Å². The monoisotopic (exact) mass is 318 g/mol. The molecule has 4 atom stereocenters. The van der Waals surface area contributed by atoms with Crippen LogP contribution in [0, 0.1) is 17.8 Å². The largest absolute Gasteiger partial charge is 0.342 e. The summed E-state index contributed by atoms with van der Waals surface area (Å²) >= 11 is 0. The summed E-state index contributed by atoms with van der Waals surface area (Å²) in [6.07, 6.45) is 10.4. The molecule has 23 heavy (non-hydrogen) atoms. The van der Waals surface area contributed by atoms with Gasteiger partial charge >= 0.3 is 0 Å². The van der Waals surface area contributed by atoms with E-state index in [2.05, 4.69) is 11.8 Å². The van der Waals surface area contributed by atoms with Crippen molar-refractivity contribution in [2.75, 3.05) is 13.1 Å². The maximum atomic E-state index is 13.2. The SMILES string of the molecule is CC1CC2CCCCC2N1C(=O)C1CCCN(C(=O)C2CC2)C1. The third-order valence-electron chi connectivity index (χ3n) is 6.61. The van der Waals surface area contributed by atoms with Crippen LogP contribution in [0.4, 0.5) is 0 Å². The van der Waals surface area contributed by atoms with E-state index in [0.717, 1.165) is 38.1 Å². The van der Waals surface area contributed by atoms with Gasteiger partial charge in [-0.1, -0.05) is 12.8 Å². The zero-order chi connectivity index (χ0) is 16.0. The second-order valence-electron chi connectivity index (χ2n) is 8.34. The summed E-state index contributed by atoms with van der Waals surface area (Å²) < 4.78 is 0. The van der Waals surface area contributed by atoms with Crippen molar-refractivity contribution in [3.8, 4) is 0 Å². The van der Waals surface area contributed by atoms with Crippen LogP contribution in [0.15, 0.2) is 0 Å². The lowest BCUT2D eigenvalue weighted by Gasteiger charge is -2.39. The average molecular weight is 318 g/mol. The normalized spacial score (nSPS) is 37.6. The third-order valence-corrected chi connectivity index (χ3v) is 6.61. The minimum atomic E-state index is 0.0505. The van der Waals surface area contributed by atoms with Gasteiger partial charge in [0, 0.05) is 31.1 Å². The van der Waals surface area contributed by atoms with Crippen LogP contribution in [0.5, 0.6) is 0 Å². The number of nitrogens with zero attached hydrogens (tertiary/aromatic N) is 2. The molecule has 4 rings (SSSR count). The van der Waals surface area contributed by atoms with E-state index in [1.807, 2.05) is 4.90 Å². The molecule has 128 valence electrons. The van der Waals surface area contributed by atoms with E-state index >= 15 is 0 Å². The highest BCUT2D eigenvalue weighted by molar-refractivity contribution is 5.84. The lowest BCUT2D eigenvalue weighted by atomic mass is 9.84. The van der Waals surface area contributed by atoms with Gasteiger partial charge in [0.25, 0.3) is 0 Å². The number of amides is 2. The standard InChI is InChI=1S/C19H30N2O2/c1-13-11-15-5-2-3-7-17(15)21(13)19(23)16-6-4-10-20(12-16)18(22)14-8-9-14/h13-17H,2-12H2,1H3. The summed E-state index contributed by atoms with van der Waals surface area (Å²) in [4.78, 5) is 29.8. The van der Waals surface area contributed by atoms with Crippen molar-refractivity contribution in [2.45, 2.75) is 76.8 Å². The molecule has 2 aliphatic heterocycles. The summed E-state index contributed by atoms with van der Waals surface area (Å²) in [7, 11) is 0. The van der Waals surface area contributed by atoms with Crippen LogP contribution in [-0.4, -0.2) is 46.8 Å². The molecule has 0 aromatic rings. The first kappa shape index (κ1) is 15.5. The molecule has 0 aromatic heterocycles. The summed E-state index contributed by atoms with van der Waals surface area (Å²) in [6.45, 7) is 3.77. The minimum Gasteiger partial charge on any atom is -0.342 e. The Hall–Kier alpha value is -1.06. The number of rotatable bonds is 2. The lowest BCUT2D eigenvalue weighted by molar-refractivity contribution is -0.143. The Morgan fingerprint density at radius 2 is 1.65 bits per heavy atom. The molecule has 0 spiro atoms. The van der Waals surface area contributed by atoms with E-state index < -0.39 is 0 Å².